The minimum Gasteiger partial charge on any atom is -0.390 e. The van der Waals surface area contributed by atoms with Gasteiger partial charge in [0.1, 0.15) is 0 Å². The number of nitrogens with two attached hydrogens (primary N) is 1. The van der Waals surface area contributed by atoms with Crippen molar-refractivity contribution in [2.75, 3.05) is 0 Å². The Balaban J connectivity index is 3.35. The Labute approximate surface area is 78.4 Å². The average molecular weight is 204 g/mol. The molecule has 0 aromatic carbocycles. The molecule has 78 valence electrons. The lowest BCUT2D eigenvalue weighted by Gasteiger charge is -2.07. The molecule has 0 bridgehead atoms. The minimum atomic E-state index is -2.86. The first kappa shape index (κ1) is 10.8. The Kier molecular flexibility index (Phi) is 3.32. The summed E-state index contributed by atoms with van der Waals surface area (Å²) in [5, 5.41) is 8.71. The molecule has 0 atom stereocenters. The van der Waals surface area contributed by atoms with Crippen LogP contribution >= 0.6 is 0 Å². The van der Waals surface area contributed by atoms with Crippen LogP contribution in [0.4, 0.5) is 8.78 Å². The van der Waals surface area contributed by atoms with Gasteiger partial charge in [0.05, 0.1) is 12.2 Å². The van der Waals surface area contributed by atoms with Gasteiger partial charge in [0.25, 0.3) is 6.43 Å². The second-order valence-electron chi connectivity index (χ2n) is 2.71. The van der Waals surface area contributed by atoms with E-state index in [-0.39, 0.29) is 17.9 Å². The quantitative estimate of drug-likeness (QED) is 0.660. The standard InChI is InChI=1S/C8H10F2N2O2/c9-8(10)7-5(2-11)12-4(3-13)1-6(7)14/h1,8,13H,2-3,11H2,(H,12,14). The molecule has 0 saturated carbocycles. The number of H-pyrrole nitrogens is 1. The van der Waals surface area contributed by atoms with Crippen molar-refractivity contribution in [3.63, 3.8) is 0 Å². The number of aromatic amines is 1. The Morgan fingerprint density at radius 1 is 1.57 bits per heavy atom. The first-order valence-electron chi connectivity index (χ1n) is 3.94. The molecular weight excluding hydrogens is 194 g/mol. The number of hydrogen-bond donors (Lipinski definition) is 3. The lowest BCUT2D eigenvalue weighted by atomic mass is 10.1. The number of aliphatic hydroxyl groups excluding tert-OH is 1. The predicted molar refractivity (Wildman–Crippen MR) is 45.8 cm³/mol. The van der Waals surface area contributed by atoms with Crippen molar-refractivity contribution in [2.24, 2.45) is 5.73 Å². The van der Waals surface area contributed by atoms with E-state index in [0.717, 1.165) is 6.07 Å². The zero-order chi connectivity index (χ0) is 10.7. The van der Waals surface area contributed by atoms with Crippen molar-refractivity contribution < 1.29 is 13.9 Å². The zero-order valence-corrected chi connectivity index (χ0v) is 7.26. The van der Waals surface area contributed by atoms with Gasteiger partial charge in [-0.1, -0.05) is 0 Å². The van der Waals surface area contributed by atoms with Crippen molar-refractivity contribution in [1.29, 1.82) is 0 Å². The molecular formula is C8H10F2N2O2. The maximum atomic E-state index is 12.4. The van der Waals surface area contributed by atoms with Crippen LogP contribution in [0.5, 0.6) is 0 Å². The molecule has 0 saturated heterocycles. The predicted octanol–water partition coefficient (Wildman–Crippen LogP) is 0.264. The Morgan fingerprint density at radius 3 is 2.64 bits per heavy atom. The van der Waals surface area contributed by atoms with Crippen LogP contribution in [0.25, 0.3) is 0 Å². The summed E-state index contributed by atoms with van der Waals surface area (Å²) < 4.78 is 24.7. The summed E-state index contributed by atoms with van der Waals surface area (Å²) in [5.41, 5.74) is 3.92. The molecule has 1 heterocycles. The Bertz CT molecular complexity index is 376. The van der Waals surface area contributed by atoms with Gasteiger partial charge in [0.15, 0.2) is 5.43 Å². The highest BCUT2D eigenvalue weighted by Gasteiger charge is 2.17. The summed E-state index contributed by atoms with van der Waals surface area (Å²) in [4.78, 5) is 13.6. The molecule has 0 aliphatic heterocycles. The molecule has 1 aromatic rings. The third kappa shape index (κ3) is 1.97. The lowest BCUT2D eigenvalue weighted by molar-refractivity contribution is 0.148. The third-order valence-corrected chi connectivity index (χ3v) is 1.80. The number of hydrogen-bond acceptors (Lipinski definition) is 3. The fourth-order valence-corrected chi connectivity index (χ4v) is 1.17. The van der Waals surface area contributed by atoms with Crippen LogP contribution in [0.2, 0.25) is 0 Å². The second kappa shape index (κ2) is 4.30. The van der Waals surface area contributed by atoms with Gasteiger partial charge in [-0.15, -0.1) is 0 Å². The fourth-order valence-electron chi connectivity index (χ4n) is 1.17. The molecule has 6 heteroatoms. The first-order valence-corrected chi connectivity index (χ1v) is 3.94. The molecule has 1 aromatic heterocycles. The molecule has 4 nitrogen and oxygen atoms in total. The van der Waals surface area contributed by atoms with Gasteiger partial charge in [0, 0.05) is 24.0 Å². The molecule has 0 amide bonds. The van der Waals surface area contributed by atoms with E-state index >= 15 is 0 Å². The number of halogens is 2. The SMILES string of the molecule is NCc1[nH]c(CO)cc(=O)c1C(F)F. The van der Waals surface area contributed by atoms with E-state index in [1.165, 1.54) is 0 Å². The highest BCUT2D eigenvalue weighted by Crippen LogP contribution is 2.17. The summed E-state index contributed by atoms with van der Waals surface area (Å²) in [6, 6.07) is 0.945. The number of pyridine rings is 1. The summed E-state index contributed by atoms with van der Waals surface area (Å²) in [6.45, 7) is -0.603. The maximum absolute atomic E-state index is 12.4. The van der Waals surface area contributed by atoms with Crippen molar-refractivity contribution in [3.8, 4) is 0 Å². The molecule has 0 spiro atoms. The largest absolute Gasteiger partial charge is 0.390 e. The van der Waals surface area contributed by atoms with Crippen LogP contribution in [-0.2, 0) is 13.2 Å². The molecule has 14 heavy (non-hydrogen) atoms. The number of aromatic nitrogens is 1. The van der Waals surface area contributed by atoms with Crippen molar-refractivity contribution in [1.82, 2.24) is 4.98 Å². The zero-order valence-electron chi connectivity index (χ0n) is 7.26. The summed E-state index contributed by atoms with van der Waals surface area (Å²) in [6.07, 6.45) is -2.86. The number of rotatable bonds is 3. The van der Waals surface area contributed by atoms with Crippen molar-refractivity contribution in [3.05, 3.63) is 33.2 Å². The number of nitrogens with one attached hydrogen (secondary N) is 1. The average Bonchev–Trinajstić information content (AvgIpc) is 2.15. The van der Waals surface area contributed by atoms with E-state index < -0.39 is 24.0 Å². The fraction of sp³-hybridized carbons (Fsp3) is 0.375. The second-order valence-corrected chi connectivity index (χ2v) is 2.71. The summed E-state index contributed by atoms with van der Waals surface area (Å²) in [7, 11) is 0. The molecule has 0 aliphatic carbocycles. The van der Waals surface area contributed by atoms with Gasteiger partial charge in [-0.05, 0) is 0 Å². The topological polar surface area (TPSA) is 79.1 Å². The van der Waals surface area contributed by atoms with Gasteiger partial charge >= 0.3 is 0 Å². The van der Waals surface area contributed by atoms with Crippen LogP contribution < -0.4 is 11.2 Å². The Hall–Kier alpha value is -1.27. The van der Waals surface area contributed by atoms with Crippen molar-refractivity contribution in [2.45, 2.75) is 19.6 Å². The highest BCUT2D eigenvalue weighted by molar-refractivity contribution is 5.24. The third-order valence-electron chi connectivity index (χ3n) is 1.80. The van der Waals surface area contributed by atoms with Gasteiger partial charge in [0.2, 0.25) is 0 Å². The molecule has 4 N–H and O–H groups in total. The van der Waals surface area contributed by atoms with E-state index in [0.29, 0.717) is 0 Å². The normalized spacial score (nSPS) is 10.9. The van der Waals surface area contributed by atoms with Crippen LogP contribution in [0.3, 0.4) is 0 Å². The molecule has 0 radical (unpaired) electrons. The van der Waals surface area contributed by atoms with E-state index in [1.807, 2.05) is 0 Å². The smallest absolute Gasteiger partial charge is 0.269 e. The Morgan fingerprint density at radius 2 is 2.21 bits per heavy atom. The summed E-state index contributed by atoms with van der Waals surface area (Å²) >= 11 is 0. The van der Waals surface area contributed by atoms with Gasteiger partial charge < -0.3 is 15.8 Å². The van der Waals surface area contributed by atoms with E-state index in [4.69, 9.17) is 10.8 Å². The van der Waals surface area contributed by atoms with Crippen LogP contribution in [0.15, 0.2) is 10.9 Å². The monoisotopic (exact) mass is 204 g/mol. The molecule has 1 rings (SSSR count). The number of aliphatic hydroxyl groups is 1. The number of alkyl halides is 2. The van der Waals surface area contributed by atoms with E-state index in [9.17, 15) is 13.6 Å². The van der Waals surface area contributed by atoms with E-state index in [2.05, 4.69) is 4.98 Å². The molecule has 0 aliphatic rings. The van der Waals surface area contributed by atoms with Crippen molar-refractivity contribution >= 4 is 0 Å². The van der Waals surface area contributed by atoms with Gasteiger partial charge in [-0.3, -0.25) is 4.79 Å². The van der Waals surface area contributed by atoms with E-state index in [1.54, 1.807) is 0 Å². The summed E-state index contributed by atoms with van der Waals surface area (Å²) in [5.74, 6) is 0. The highest BCUT2D eigenvalue weighted by atomic mass is 19.3. The lowest BCUT2D eigenvalue weighted by Crippen LogP contribution is -2.18. The van der Waals surface area contributed by atoms with Gasteiger partial charge in [-0.2, -0.15) is 0 Å². The van der Waals surface area contributed by atoms with Gasteiger partial charge in [-0.25, -0.2) is 8.78 Å². The van der Waals surface area contributed by atoms with Crippen LogP contribution in [0, 0.1) is 0 Å². The van der Waals surface area contributed by atoms with Crippen LogP contribution in [-0.4, -0.2) is 10.1 Å². The van der Waals surface area contributed by atoms with Crippen LogP contribution in [0.1, 0.15) is 23.4 Å². The minimum absolute atomic E-state index is 0.0310. The molecule has 0 unspecified atom stereocenters. The first-order chi connectivity index (χ1) is 6.60. The molecule has 0 fully saturated rings. The maximum Gasteiger partial charge on any atom is 0.269 e.